The van der Waals surface area contributed by atoms with Crippen molar-refractivity contribution in [2.45, 2.75) is 32.9 Å². The fourth-order valence-corrected chi connectivity index (χ4v) is 3.41. The Morgan fingerprint density at radius 3 is 2.81 bits per heavy atom. The number of H-pyrrole nitrogens is 1. The lowest BCUT2D eigenvalue weighted by Crippen LogP contribution is -2.40. The highest BCUT2D eigenvalue weighted by Crippen LogP contribution is 2.20. The van der Waals surface area contributed by atoms with Crippen LogP contribution in [0.3, 0.4) is 0 Å². The van der Waals surface area contributed by atoms with Gasteiger partial charge in [0.1, 0.15) is 11.5 Å². The van der Waals surface area contributed by atoms with Gasteiger partial charge in [-0.25, -0.2) is 4.98 Å². The zero-order chi connectivity index (χ0) is 18.8. The average molecular weight is 363 g/mol. The number of carbonyl (C=O) groups is 1. The average Bonchev–Trinajstić information content (AvgIpc) is 3.16. The van der Waals surface area contributed by atoms with Crippen LogP contribution in [-0.4, -0.2) is 37.1 Å². The van der Waals surface area contributed by atoms with Crippen LogP contribution in [0, 0.1) is 0 Å². The van der Waals surface area contributed by atoms with Crippen molar-refractivity contribution in [1.29, 1.82) is 0 Å². The monoisotopic (exact) mass is 363 g/mol. The fourth-order valence-electron chi connectivity index (χ4n) is 3.41. The summed E-state index contributed by atoms with van der Waals surface area (Å²) in [6.07, 6.45) is 3.06. The molecule has 138 valence electrons. The molecule has 1 aliphatic rings. The smallest absolute Gasteiger partial charge is 0.272 e. The van der Waals surface area contributed by atoms with Crippen LogP contribution in [0.1, 0.15) is 35.1 Å². The predicted molar refractivity (Wildman–Crippen MR) is 101 cm³/mol. The molecule has 1 aliphatic heterocycles. The van der Waals surface area contributed by atoms with E-state index in [1.807, 2.05) is 37.3 Å². The van der Waals surface area contributed by atoms with Gasteiger partial charge in [0.2, 0.25) is 0 Å². The number of carbonyl (C=O) groups excluding carboxylic acids is 1. The van der Waals surface area contributed by atoms with Crippen LogP contribution in [0.2, 0.25) is 0 Å². The summed E-state index contributed by atoms with van der Waals surface area (Å²) in [5, 5.41) is 4.23. The maximum Gasteiger partial charge on any atom is 0.272 e. The number of hydrogen-bond acceptors (Lipinski definition) is 4. The van der Waals surface area contributed by atoms with E-state index in [4.69, 9.17) is 0 Å². The van der Waals surface area contributed by atoms with Gasteiger partial charge >= 0.3 is 0 Å². The van der Waals surface area contributed by atoms with Crippen molar-refractivity contribution in [2.24, 2.45) is 0 Å². The topological polar surface area (TPSA) is 83.9 Å². The fraction of sp³-hybridized carbons (Fsp3) is 0.300. The number of nitrogens with one attached hydrogen (secondary N) is 1. The minimum absolute atomic E-state index is 0.0741. The summed E-state index contributed by atoms with van der Waals surface area (Å²) < 4.78 is 1.73. The second-order valence-corrected chi connectivity index (χ2v) is 6.62. The van der Waals surface area contributed by atoms with Gasteiger partial charge in [0, 0.05) is 30.4 Å². The van der Waals surface area contributed by atoms with Crippen LogP contribution in [0.5, 0.6) is 0 Å². The molecule has 27 heavy (non-hydrogen) atoms. The molecule has 4 rings (SSSR count). The van der Waals surface area contributed by atoms with Crippen molar-refractivity contribution in [3.05, 3.63) is 69.9 Å². The number of aryl methyl sites for hydroxylation is 1. The Balaban J connectivity index is 1.64. The van der Waals surface area contributed by atoms with Crippen molar-refractivity contribution in [1.82, 2.24) is 24.6 Å². The van der Waals surface area contributed by atoms with Gasteiger partial charge in [0.15, 0.2) is 0 Å². The third kappa shape index (κ3) is 3.28. The summed E-state index contributed by atoms with van der Waals surface area (Å²) >= 11 is 0. The highest BCUT2D eigenvalue weighted by molar-refractivity contribution is 5.92. The van der Waals surface area contributed by atoms with Crippen LogP contribution < -0.4 is 5.56 Å². The first-order valence-electron chi connectivity index (χ1n) is 9.16. The zero-order valence-electron chi connectivity index (χ0n) is 15.2. The summed E-state index contributed by atoms with van der Waals surface area (Å²) in [6.45, 7) is 3.58. The molecule has 0 spiro atoms. The summed E-state index contributed by atoms with van der Waals surface area (Å²) in [4.78, 5) is 34.7. The SMILES string of the molecule is CCCn1nccc1C(=O)N1CCc2c(nc(-c3ccccc3)[nH]c2=O)C1. The molecule has 3 aromatic rings. The van der Waals surface area contributed by atoms with Crippen molar-refractivity contribution in [3.63, 3.8) is 0 Å². The molecule has 3 heterocycles. The maximum absolute atomic E-state index is 13.0. The van der Waals surface area contributed by atoms with Crippen LogP contribution in [0.25, 0.3) is 11.4 Å². The van der Waals surface area contributed by atoms with E-state index in [0.717, 1.165) is 12.0 Å². The standard InChI is InChI=1S/C20H21N5O2/c1-2-11-25-17(8-10-21-25)20(27)24-12-9-15-16(13-24)22-18(23-19(15)26)14-6-4-3-5-7-14/h3-8,10H,2,9,11-13H2,1H3,(H,22,23,26). The Morgan fingerprint density at radius 1 is 1.22 bits per heavy atom. The summed E-state index contributed by atoms with van der Waals surface area (Å²) in [7, 11) is 0. The Kier molecular flexibility index (Phi) is 4.58. The molecule has 0 unspecified atom stereocenters. The summed E-state index contributed by atoms with van der Waals surface area (Å²) in [6, 6.07) is 11.3. The molecule has 0 saturated heterocycles. The number of amides is 1. The third-order valence-corrected chi connectivity index (χ3v) is 4.78. The summed E-state index contributed by atoms with van der Waals surface area (Å²) in [5.74, 6) is 0.458. The quantitative estimate of drug-likeness (QED) is 0.770. The van der Waals surface area contributed by atoms with Gasteiger partial charge in [-0.15, -0.1) is 0 Å². The van der Waals surface area contributed by atoms with E-state index in [2.05, 4.69) is 15.1 Å². The third-order valence-electron chi connectivity index (χ3n) is 4.78. The number of aromatic amines is 1. The van der Waals surface area contributed by atoms with Gasteiger partial charge in [-0.2, -0.15) is 5.10 Å². The van der Waals surface area contributed by atoms with Crippen LogP contribution >= 0.6 is 0 Å². The van der Waals surface area contributed by atoms with Crippen molar-refractivity contribution in [3.8, 4) is 11.4 Å². The number of fused-ring (bicyclic) bond motifs is 1. The van der Waals surface area contributed by atoms with E-state index in [-0.39, 0.29) is 11.5 Å². The normalized spacial score (nSPS) is 13.4. The number of rotatable bonds is 4. The Labute approximate surface area is 156 Å². The molecule has 1 amide bonds. The molecule has 7 heteroatoms. The van der Waals surface area contributed by atoms with E-state index in [9.17, 15) is 9.59 Å². The Morgan fingerprint density at radius 2 is 2.04 bits per heavy atom. The molecule has 0 aliphatic carbocycles. The van der Waals surface area contributed by atoms with E-state index in [1.54, 1.807) is 21.8 Å². The van der Waals surface area contributed by atoms with Crippen molar-refractivity contribution >= 4 is 5.91 Å². The molecule has 1 aromatic carbocycles. The lowest BCUT2D eigenvalue weighted by Gasteiger charge is -2.28. The van der Waals surface area contributed by atoms with E-state index >= 15 is 0 Å². The molecule has 0 fully saturated rings. The van der Waals surface area contributed by atoms with Gasteiger partial charge in [-0.05, 0) is 18.9 Å². The minimum atomic E-state index is -0.123. The number of nitrogens with zero attached hydrogens (tertiary/aromatic N) is 4. The molecule has 7 nitrogen and oxygen atoms in total. The predicted octanol–water partition coefficient (Wildman–Crippen LogP) is 2.24. The van der Waals surface area contributed by atoms with Gasteiger partial charge < -0.3 is 9.88 Å². The van der Waals surface area contributed by atoms with Crippen LogP contribution in [0.4, 0.5) is 0 Å². The minimum Gasteiger partial charge on any atom is -0.331 e. The van der Waals surface area contributed by atoms with Crippen molar-refractivity contribution in [2.75, 3.05) is 6.54 Å². The highest BCUT2D eigenvalue weighted by Gasteiger charge is 2.27. The van der Waals surface area contributed by atoms with E-state index in [1.165, 1.54) is 0 Å². The zero-order valence-corrected chi connectivity index (χ0v) is 15.2. The second-order valence-electron chi connectivity index (χ2n) is 6.62. The second kappa shape index (κ2) is 7.19. The van der Waals surface area contributed by atoms with Crippen molar-refractivity contribution < 1.29 is 4.79 Å². The van der Waals surface area contributed by atoms with Gasteiger partial charge in [-0.1, -0.05) is 37.3 Å². The van der Waals surface area contributed by atoms with Gasteiger partial charge in [-0.3, -0.25) is 14.3 Å². The van der Waals surface area contributed by atoms with E-state index in [0.29, 0.717) is 48.8 Å². The molecule has 2 aromatic heterocycles. The van der Waals surface area contributed by atoms with Crippen LogP contribution in [0.15, 0.2) is 47.4 Å². The van der Waals surface area contributed by atoms with E-state index < -0.39 is 0 Å². The number of hydrogen-bond donors (Lipinski definition) is 1. The molecule has 0 radical (unpaired) electrons. The molecule has 1 N–H and O–H groups in total. The lowest BCUT2D eigenvalue weighted by molar-refractivity contribution is 0.0718. The largest absolute Gasteiger partial charge is 0.331 e. The molecular formula is C20H21N5O2. The Hall–Kier alpha value is -3.22. The van der Waals surface area contributed by atoms with Gasteiger partial charge in [0.05, 0.1) is 12.2 Å². The first-order chi connectivity index (χ1) is 13.2. The first kappa shape index (κ1) is 17.2. The number of benzene rings is 1. The molecule has 0 saturated carbocycles. The summed E-state index contributed by atoms with van der Waals surface area (Å²) in [5.41, 5.74) is 2.64. The van der Waals surface area contributed by atoms with Gasteiger partial charge in [0.25, 0.3) is 11.5 Å². The lowest BCUT2D eigenvalue weighted by atomic mass is 10.1. The molecular weight excluding hydrogens is 342 g/mol. The Bertz CT molecular complexity index is 1020. The maximum atomic E-state index is 13.0. The van der Waals surface area contributed by atoms with Crippen LogP contribution in [-0.2, 0) is 19.5 Å². The molecule has 0 atom stereocenters. The number of aromatic nitrogens is 4. The molecule has 0 bridgehead atoms. The first-order valence-corrected chi connectivity index (χ1v) is 9.16. The highest BCUT2D eigenvalue weighted by atomic mass is 16.2.